The molecule has 0 fully saturated rings. The second kappa shape index (κ2) is 5.56. The fraction of sp³-hybridized carbons (Fsp3) is 0.750. The fourth-order valence-electron chi connectivity index (χ4n) is 2.04. The first-order chi connectivity index (χ1) is 8.68. The first kappa shape index (κ1) is 15.4. The minimum Gasteiger partial charge on any atom is -0.396 e. The quantitative estimate of drug-likeness (QED) is 0.629. The van der Waals surface area contributed by atoms with E-state index >= 15 is 0 Å². The van der Waals surface area contributed by atoms with Crippen molar-refractivity contribution < 1.29 is 10.0 Å². The highest BCUT2D eigenvalue weighted by Gasteiger charge is 2.30. The van der Waals surface area contributed by atoms with Gasteiger partial charge in [-0.05, 0) is 18.8 Å². The number of anilines is 1. The molecule has 7 nitrogen and oxygen atoms in total. The van der Waals surface area contributed by atoms with Gasteiger partial charge >= 0.3 is 5.69 Å². The van der Waals surface area contributed by atoms with Gasteiger partial charge in [0.1, 0.15) is 5.69 Å². The number of rotatable bonds is 5. The van der Waals surface area contributed by atoms with E-state index in [2.05, 4.69) is 10.4 Å². The smallest absolute Gasteiger partial charge is 0.333 e. The van der Waals surface area contributed by atoms with E-state index in [9.17, 15) is 10.1 Å². The summed E-state index contributed by atoms with van der Waals surface area (Å²) in [6.07, 6.45) is 0.519. The monoisotopic (exact) mass is 270 g/mol. The van der Waals surface area contributed by atoms with Crippen LogP contribution in [0.15, 0.2) is 0 Å². The molecule has 1 rings (SSSR count). The summed E-state index contributed by atoms with van der Waals surface area (Å²) in [6, 6.07) is -0.0778. The highest BCUT2D eigenvalue weighted by molar-refractivity contribution is 5.60. The molecule has 1 atom stereocenters. The number of hydrogen-bond acceptors (Lipinski definition) is 5. The van der Waals surface area contributed by atoms with Crippen LogP contribution in [0.1, 0.15) is 32.9 Å². The van der Waals surface area contributed by atoms with Gasteiger partial charge in [-0.2, -0.15) is 5.10 Å². The summed E-state index contributed by atoms with van der Waals surface area (Å²) in [5.41, 5.74) is 0.246. The standard InChI is InChI=1S/C12H22N4O3/c1-8-10(16(18)19)11(15(5)14-8)13-9(6-7-17)12(2,3)4/h9,13,17H,6-7H2,1-5H3. The topological polar surface area (TPSA) is 93.2 Å². The fourth-order valence-corrected chi connectivity index (χ4v) is 2.04. The molecule has 0 amide bonds. The van der Waals surface area contributed by atoms with Crippen LogP contribution in [0, 0.1) is 22.5 Å². The molecule has 0 aliphatic rings. The summed E-state index contributed by atoms with van der Waals surface area (Å²) in [4.78, 5) is 10.7. The number of aliphatic hydroxyl groups is 1. The second-order valence-electron chi connectivity index (χ2n) is 5.74. The molecule has 2 N–H and O–H groups in total. The minimum absolute atomic E-state index is 0.00492. The van der Waals surface area contributed by atoms with Crippen molar-refractivity contribution in [1.29, 1.82) is 0 Å². The van der Waals surface area contributed by atoms with Crippen molar-refractivity contribution in [2.75, 3.05) is 11.9 Å². The summed E-state index contributed by atoms with van der Waals surface area (Å²) in [5, 5.41) is 27.5. The lowest BCUT2D eigenvalue weighted by atomic mass is 9.85. The molecule has 0 spiro atoms. The van der Waals surface area contributed by atoms with E-state index in [1.807, 2.05) is 20.8 Å². The molecule has 0 saturated carbocycles. The normalized spacial score (nSPS) is 13.4. The minimum atomic E-state index is -0.427. The average Bonchev–Trinajstić information content (AvgIpc) is 2.51. The van der Waals surface area contributed by atoms with Gasteiger partial charge in [0.05, 0.1) is 4.92 Å². The van der Waals surface area contributed by atoms with E-state index in [1.165, 1.54) is 4.68 Å². The van der Waals surface area contributed by atoms with Crippen LogP contribution in [0.5, 0.6) is 0 Å². The van der Waals surface area contributed by atoms with Crippen molar-refractivity contribution in [1.82, 2.24) is 9.78 Å². The third kappa shape index (κ3) is 3.44. The van der Waals surface area contributed by atoms with Crippen molar-refractivity contribution in [3.05, 3.63) is 15.8 Å². The highest BCUT2D eigenvalue weighted by atomic mass is 16.6. The summed E-state index contributed by atoms with van der Waals surface area (Å²) < 4.78 is 1.48. The van der Waals surface area contributed by atoms with Crippen molar-refractivity contribution in [3.63, 3.8) is 0 Å². The van der Waals surface area contributed by atoms with Gasteiger partial charge in [0.2, 0.25) is 5.82 Å². The Morgan fingerprint density at radius 1 is 1.53 bits per heavy atom. The molecular formula is C12H22N4O3. The molecule has 0 bridgehead atoms. The van der Waals surface area contributed by atoms with Crippen LogP contribution in [-0.4, -0.2) is 32.5 Å². The van der Waals surface area contributed by atoms with Gasteiger partial charge in [0.15, 0.2) is 0 Å². The number of hydrogen-bond donors (Lipinski definition) is 2. The van der Waals surface area contributed by atoms with E-state index in [-0.39, 0.29) is 23.8 Å². The van der Waals surface area contributed by atoms with Gasteiger partial charge in [-0.25, -0.2) is 4.68 Å². The second-order valence-corrected chi connectivity index (χ2v) is 5.74. The summed E-state index contributed by atoms with van der Waals surface area (Å²) in [6.45, 7) is 7.71. The molecule has 7 heteroatoms. The van der Waals surface area contributed by atoms with Crippen molar-refractivity contribution in [2.45, 2.75) is 40.2 Å². The molecule has 108 valence electrons. The predicted octanol–water partition coefficient (Wildman–Crippen LogP) is 1.85. The van der Waals surface area contributed by atoms with Gasteiger partial charge < -0.3 is 10.4 Å². The molecule has 1 aromatic rings. The van der Waals surface area contributed by atoms with Crippen LogP contribution in [0.4, 0.5) is 11.5 Å². The van der Waals surface area contributed by atoms with Crippen LogP contribution in [-0.2, 0) is 7.05 Å². The average molecular weight is 270 g/mol. The maximum atomic E-state index is 11.1. The Bertz CT molecular complexity index is 462. The van der Waals surface area contributed by atoms with Crippen LogP contribution in [0.2, 0.25) is 0 Å². The van der Waals surface area contributed by atoms with Crippen molar-refractivity contribution in [2.24, 2.45) is 12.5 Å². The Morgan fingerprint density at radius 3 is 2.53 bits per heavy atom. The first-order valence-electron chi connectivity index (χ1n) is 6.24. The zero-order valence-corrected chi connectivity index (χ0v) is 12.1. The van der Waals surface area contributed by atoms with Gasteiger partial charge in [-0.15, -0.1) is 0 Å². The lowest BCUT2D eigenvalue weighted by Gasteiger charge is -2.31. The summed E-state index contributed by atoms with van der Waals surface area (Å²) in [5.74, 6) is 0.385. The zero-order chi connectivity index (χ0) is 14.8. The molecule has 19 heavy (non-hydrogen) atoms. The van der Waals surface area contributed by atoms with Gasteiger partial charge in [-0.3, -0.25) is 10.1 Å². The molecule has 0 radical (unpaired) electrons. The first-order valence-corrected chi connectivity index (χ1v) is 6.24. The van der Waals surface area contributed by atoms with Gasteiger partial charge in [-0.1, -0.05) is 20.8 Å². The molecule has 1 heterocycles. The lowest BCUT2D eigenvalue weighted by molar-refractivity contribution is -0.384. The summed E-state index contributed by atoms with van der Waals surface area (Å²) in [7, 11) is 1.67. The molecule has 0 aliphatic carbocycles. The highest BCUT2D eigenvalue weighted by Crippen LogP contribution is 2.32. The SMILES string of the molecule is Cc1nn(C)c(NC(CCO)C(C)(C)C)c1[N+](=O)[O-]. The molecule has 0 aliphatic heterocycles. The lowest BCUT2D eigenvalue weighted by Crippen LogP contribution is -2.35. The Balaban J connectivity index is 3.13. The van der Waals surface area contributed by atoms with Crippen molar-refractivity contribution in [3.8, 4) is 0 Å². The molecule has 1 aromatic heterocycles. The maximum Gasteiger partial charge on any atom is 0.333 e. The number of aromatic nitrogens is 2. The molecular weight excluding hydrogens is 248 g/mol. The van der Waals surface area contributed by atoms with Gasteiger partial charge in [0, 0.05) is 19.7 Å². The van der Waals surface area contributed by atoms with E-state index in [4.69, 9.17) is 5.11 Å². The van der Waals surface area contributed by atoms with Crippen molar-refractivity contribution >= 4 is 11.5 Å². The number of aliphatic hydroxyl groups excluding tert-OH is 1. The third-order valence-electron chi connectivity index (χ3n) is 3.15. The third-order valence-corrected chi connectivity index (χ3v) is 3.15. The molecule has 0 saturated heterocycles. The molecule has 0 aromatic carbocycles. The number of nitro groups is 1. The Kier molecular flexibility index (Phi) is 4.52. The van der Waals surface area contributed by atoms with E-state index < -0.39 is 4.92 Å². The van der Waals surface area contributed by atoms with Crippen LogP contribution >= 0.6 is 0 Å². The van der Waals surface area contributed by atoms with E-state index in [0.29, 0.717) is 17.9 Å². The van der Waals surface area contributed by atoms with E-state index in [1.54, 1.807) is 14.0 Å². The van der Waals surface area contributed by atoms with Gasteiger partial charge in [0.25, 0.3) is 0 Å². The zero-order valence-electron chi connectivity index (χ0n) is 12.1. The summed E-state index contributed by atoms with van der Waals surface area (Å²) >= 11 is 0. The van der Waals surface area contributed by atoms with Crippen LogP contribution in [0.25, 0.3) is 0 Å². The number of nitrogens with one attached hydrogen (secondary N) is 1. The Morgan fingerprint density at radius 2 is 2.11 bits per heavy atom. The predicted molar refractivity (Wildman–Crippen MR) is 73.2 cm³/mol. The Labute approximate surface area is 112 Å². The van der Waals surface area contributed by atoms with E-state index in [0.717, 1.165) is 0 Å². The number of aryl methyl sites for hydroxylation is 2. The largest absolute Gasteiger partial charge is 0.396 e. The maximum absolute atomic E-state index is 11.1. The van der Waals surface area contributed by atoms with Crippen LogP contribution in [0.3, 0.4) is 0 Å². The number of nitrogens with zero attached hydrogens (tertiary/aromatic N) is 3. The van der Waals surface area contributed by atoms with Crippen LogP contribution < -0.4 is 5.32 Å². The Hall–Kier alpha value is -1.63. The molecule has 1 unspecified atom stereocenters.